The van der Waals surface area contributed by atoms with Gasteiger partial charge in [-0.1, -0.05) is 35.3 Å². The summed E-state index contributed by atoms with van der Waals surface area (Å²) >= 11 is 11.9. The van der Waals surface area contributed by atoms with E-state index in [1.807, 2.05) is 0 Å². The van der Waals surface area contributed by atoms with Gasteiger partial charge in [0.15, 0.2) is 0 Å². The van der Waals surface area contributed by atoms with Gasteiger partial charge in [-0.25, -0.2) is 4.39 Å². The number of piperazine rings is 1. The van der Waals surface area contributed by atoms with E-state index in [1.165, 1.54) is 28.0 Å². The molecule has 3 rings (SSSR count). The van der Waals surface area contributed by atoms with Gasteiger partial charge in [-0.3, -0.25) is 9.59 Å². The second kappa shape index (κ2) is 7.02. The van der Waals surface area contributed by atoms with Crippen LogP contribution in [0, 0.1) is 5.82 Å². The van der Waals surface area contributed by atoms with E-state index in [0.717, 1.165) is 0 Å². The highest BCUT2D eigenvalue weighted by Gasteiger charge is 2.36. The highest BCUT2D eigenvalue weighted by Crippen LogP contribution is 2.27. The van der Waals surface area contributed by atoms with Crippen LogP contribution in [0.15, 0.2) is 42.5 Å². The van der Waals surface area contributed by atoms with E-state index in [-0.39, 0.29) is 16.8 Å². The molecule has 0 aromatic heterocycles. The zero-order valence-electron chi connectivity index (χ0n) is 13.4. The Morgan fingerprint density at radius 1 is 1.12 bits per heavy atom. The van der Waals surface area contributed by atoms with Crippen molar-refractivity contribution < 1.29 is 14.0 Å². The molecule has 25 heavy (non-hydrogen) atoms. The normalized spacial score (nSPS) is 17.8. The average molecular weight is 381 g/mol. The van der Waals surface area contributed by atoms with E-state index in [1.54, 1.807) is 31.2 Å². The first-order valence-electron chi connectivity index (χ1n) is 7.72. The first-order valence-corrected chi connectivity index (χ1v) is 8.47. The molecule has 7 heteroatoms. The van der Waals surface area contributed by atoms with Crippen LogP contribution in [0.1, 0.15) is 17.3 Å². The minimum absolute atomic E-state index is 0.0486. The van der Waals surface area contributed by atoms with Gasteiger partial charge >= 0.3 is 0 Å². The Morgan fingerprint density at radius 2 is 1.84 bits per heavy atom. The summed E-state index contributed by atoms with van der Waals surface area (Å²) in [6.07, 6.45) is 0. The van der Waals surface area contributed by atoms with Gasteiger partial charge in [-0.05, 0) is 37.3 Å². The maximum Gasteiger partial charge on any atom is 0.256 e. The molecule has 0 radical (unpaired) electrons. The van der Waals surface area contributed by atoms with Gasteiger partial charge in [-0.2, -0.15) is 0 Å². The molecule has 1 fully saturated rings. The maximum absolute atomic E-state index is 13.3. The van der Waals surface area contributed by atoms with E-state index < -0.39 is 11.9 Å². The highest BCUT2D eigenvalue weighted by atomic mass is 35.5. The van der Waals surface area contributed by atoms with Crippen LogP contribution >= 0.6 is 23.2 Å². The summed E-state index contributed by atoms with van der Waals surface area (Å²) < 4.78 is 13.3. The molecule has 0 N–H and O–H groups in total. The summed E-state index contributed by atoms with van der Waals surface area (Å²) in [5, 5.41) is 0.299. The number of hydrogen-bond acceptors (Lipinski definition) is 2. The minimum atomic E-state index is -0.665. The van der Waals surface area contributed by atoms with Crippen molar-refractivity contribution in [1.82, 2.24) is 4.90 Å². The summed E-state index contributed by atoms with van der Waals surface area (Å²) in [6.45, 7) is 2.29. The molecule has 2 aromatic rings. The van der Waals surface area contributed by atoms with E-state index in [9.17, 15) is 14.0 Å². The monoisotopic (exact) mass is 380 g/mol. The standard InChI is InChI=1S/C18H15Cl2FN2O2/c1-11-17(24)23(12-6-7-16(21)15(20)10-12)9-8-22(11)18(25)13-4-2-3-5-14(13)19/h2-7,10-11H,8-9H2,1H3/t11-/m1/s1. The summed E-state index contributed by atoms with van der Waals surface area (Å²) in [7, 11) is 0. The number of halogens is 3. The number of benzene rings is 2. The van der Waals surface area contributed by atoms with Gasteiger partial charge in [-0.15, -0.1) is 0 Å². The predicted molar refractivity (Wildman–Crippen MR) is 95.7 cm³/mol. The quantitative estimate of drug-likeness (QED) is 0.789. The third-order valence-corrected chi connectivity index (χ3v) is 4.85. The van der Waals surface area contributed by atoms with Crippen molar-refractivity contribution in [2.24, 2.45) is 0 Å². The number of carbonyl (C=O) groups excluding carboxylic acids is 2. The Kier molecular flexibility index (Phi) is 4.97. The molecule has 0 aliphatic carbocycles. The number of hydrogen-bond donors (Lipinski definition) is 0. The van der Waals surface area contributed by atoms with Crippen LogP contribution in [0.5, 0.6) is 0 Å². The van der Waals surface area contributed by atoms with Crippen molar-refractivity contribution >= 4 is 40.7 Å². The molecular weight excluding hydrogens is 366 g/mol. The fraction of sp³-hybridized carbons (Fsp3) is 0.222. The Balaban J connectivity index is 1.83. The minimum Gasteiger partial charge on any atom is -0.325 e. The number of rotatable bonds is 2. The second-order valence-electron chi connectivity index (χ2n) is 5.74. The topological polar surface area (TPSA) is 40.6 Å². The zero-order valence-corrected chi connectivity index (χ0v) is 14.9. The number of anilines is 1. The van der Waals surface area contributed by atoms with Crippen LogP contribution in [0.3, 0.4) is 0 Å². The molecule has 1 aliphatic heterocycles. The van der Waals surface area contributed by atoms with Crippen molar-refractivity contribution in [1.29, 1.82) is 0 Å². The molecule has 1 aliphatic rings. The van der Waals surface area contributed by atoms with Gasteiger partial charge in [0.2, 0.25) is 5.91 Å². The van der Waals surface area contributed by atoms with Gasteiger partial charge in [0.1, 0.15) is 11.9 Å². The molecule has 130 valence electrons. The molecular formula is C18H15Cl2FN2O2. The van der Waals surface area contributed by atoms with Crippen LogP contribution in [0.25, 0.3) is 0 Å². The van der Waals surface area contributed by atoms with Crippen molar-refractivity contribution in [3.8, 4) is 0 Å². The summed E-state index contributed by atoms with van der Waals surface area (Å²) in [6, 6.07) is 10.2. The van der Waals surface area contributed by atoms with E-state index in [4.69, 9.17) is 23.2 Å². The smallest absolute Gasteiger partial charge is 0.256 e. The molecule has 2 amide bonds. The van der Waals surface area contributed by atoms with Crippen LogP contribution in [-0.4, -0.2) is 35.8 Å². The number of carbonyl (C=O) groups is 2. The second-order valence-corrected chi connectivity index (χ2v) is 6.56. The Hall–Kier alpha value is -2.11. The zero-order chi connectivity index (χ0) is 18.1. The van der Waals surface area contributed by atoms with Crippen molar-refractivity contribution in [3.63, 3.8) is 0 Å². The fourth-order valence-corrected chi connectivity index (χ4v) is 3.24. The van der Waals surface area contributed by atoms with Crippen molar-refractivity contribution in [3.05, 3.63) is 63.9 Å². The number of nitrogens with zero attached hydrogens (tertiary/aromatic N) is 2. The molecule has 1 heterocycles. The highest BCUT2D eigenvalue weighted by molar-refractivity contribution is 6.34. The Morgan fingerprint density at radius 3 is 2.52 bits per heavy atom. The molecule has 1 atom stereocenters. The first-order chi connectivity index (χ1) is 11.9. The Labute approximate surface area is 154 Å². The summed E-state index contributed by atoms with van der Waals surface area (Å²) in [5.74, 6) is -1.09. The SMILES string of the molecule is C[C@@H]1C(=O)N(c2ccc(F)c(Cl)c2)CCN1C(=O)c1ccccc1Cl. The lowest BCUT2D eigenvalue weighted by Crippen LogP contribution is -2.57. The van der Waals surface area contributed by atoms with E-state index >= 15 is 0 Å². The fourth-order valence-electron chi connectivity index (χ4n) is 2.85. The lowest BCUT2D eigenvalue weighted by atomic mass is 10.1. The third-order valence-electron chi connectivity index (χ3n) is 4.24. The van der Waals surface area contributed by atoms with Gasteiger partial charge in [0, 0.05) is 18.8 Å². The van der Waals surface area contributed by atoms with Crippen LogP contribution in [0.2, 0.25) is 10.0 Å². The third kappa shape index (κ3) is 3.34. The van der Waals surface area contributed by atoms with Gasteiger partial charge in [0.25, 0.3) is 5.91 Å². The van der Waals surface area contributed by atoms with Crippen LogP contribution in [0.4, 0.5) is 10.1 Å². The summed E-state index contributed by atoms with van der Waals surface area (Å²) in [5.41, 5.74) is 0.871. The van der Waals surface area contributed by atoms with Gasteiger partial charge in [0.05, 0.1) is 15.6 Å². The van der Waals surface area contributed by atoms with Crippen molar-refractivity contribution in [2.75, 3.05) is 18.0 Å². The molecule has 0 spiro atoms. The number of amides is 2. The lowest BCUT2D eigenvalue weighted by Gasteiger charge is -2.39. The molecule has 4 nitrogen and oxygen atoms in total. The molecule has 2 aromatic carbocycles. The lowest BCUT2D eigenvalue weighted by molar-refractivity contribution is -0.124. The largest absolute Gasteiger partial charge is 0.325 e. The van der Waals surface area contributed by atoms with Crippen LogP contribution in [-0.2, 0) is 4.79 Å². The molecule has 0 unspecified atom stereocenters. The predicted octanol–water partition coefficient (Wildman–Crippen LogP) is 4.01. The Bertz CT molecular complexity index is 844. The van der Waals surface area contributed by atoms with Gasteiger partial charge < -0.3 is 9.80 Å². The first kappa shape index (κ1) is 17.7. The van der Waals surface area contributed by atoms with Crippen LogP contribution < -0.4 is 4.90 Å². The van der Waals surface area contributed by atoms with E-state index in [2.05, 4.69) is 0 Å². The van der Waals surface area contributed by atoms with E-state index in [0.29, 0.717) is 29.4 Å². The molecule has 0 saturated carbocycles. The molecule has 1 saturated heterocycles. The maximum atomic E-state index is 13.3. The summed E-state index contributed by atoms with van der Waals surface area (Å²) in [4.78, 5) is 28.4. The van der Waals surface area contributed by atoms with Crippen molar-refractivity contribution in [2.45, 2.75) is 13.0 Å². The average Bonchev–Trinajstić information content (AvgIpc) is 2.60. The molecule has 0 bridgehead atoms.